The van der Waals surface area contributed by atoms with Gasteiger partial charge in [0.25, 0.3) is 0 Å². The first-order valence-corrected chi connectivity index (χ1v) is 7.25. The van der Waals surface area contributed by atoms with Gasteiger partial charge in [-0.15, -0.1) is 0 Å². The van der Waals surface area contributed by atoms with E-state index in [-0.39, 0.29) is 11.9 Å². The molecular formula is C15H23ClN2O2. The van der Waals surface area contributed by atoms with Crippen LogP contribution in [0.1, 0.15) is 32.3 Å². The largest absolute Gasteiger partial charge is 0.495 e. The predicted molar refractivity (Wildman–Crippen MR) is 83.7 cm³/mol. The normalized spacial score (nSPS) is 11.8. The molecule has 4 nitrogen and oxygen atoms in total. The Labute approximate surface area is 125 Å². The van der Waals surface area contributed by atoms with Crippen molar-refractivity contribution in [2.45, 2.75) is 39.7 Å². The molecule has 0 saturated carbocycles. The van der Waals surface area contributed by atoms with Gasteiger partial charge >= 0.3 is 0 Å². The lowest BCUT2D eigenvalue weighted by molar-refractivity contribution is -0.121. The fourth-order valence-corrected chi connectivity index (χ4v) is 1.94. The van der Waals surface area contributed by atoms with Crippen LogP contribution in [0.25, 0.3) is 0 Å². The molecular weight excluding hydrogens is 276 g/mol. The van der Waals surface area contributed by atoms with E-state index in [1.807, 2.05) is 19.9 Å². The van der Waals surface area contributed by atoms with Gasteiger partial charge in [-0.2, -0.15) is 0 Å². The van der Waals surface area contributed by atoms with Crippen molar-refractivity contribution in [3.05, 3.63) is 22.7 Å². The van der Waals surface area contributed by atoms with Crippen LogP contribution in [0.4, 0.5) is 5.69 Å². The minimum Gasteiger partial charge on any atom is -0.495 e. The quantitative estimate of drug-likeness (QED) is 0.759. The Hall–Kier alpha value is -1.42. The third-order valence-electron chi connectivity index (χ3n) is 3.08. The molecule has 1 atom stereocenters. The Balaban J connectivity index is 2.72. The van der Waals surface area contributed by atoms with Crippen molar-refractivity contribution in [1.29, 1.82) is 0 Å². The first-order chi connectivity index (χ1) is 9.49. The highest BCUT2D eigenvalue weighted by atomic mass is 35.5. The maximum atomic E-state index is 11.9. The van der Waals surface area contributed by atoms with Gasteiger partial charge in [0.15, 0.2) is 0 Å². The second-order valence-electron chi connectivity index (χ2n) is 4.81. The number of unbranched alkanes of at least 4 members (excludes halogenated alkanes) is 1. The molecule has 0 radical (unpaired) electrons. The number of anilines is 1. The van der Waals surface area contributed by atoms with Gasteiger partial charge in [-0.25, -0.2) is 0 Å². The molecule has 0 heterocycles. The number of rotatable bonds is 7. The van der Waals surface area contributed by atoms with Crippen molar-refractivity contribution in [1.82, 2.24) is 5.32 Å². The Morgan fingerprint density at radius 1 is 1.45 bits per heavy atom. The maximum absolute atomic E-state index is 11.9. The average Bonchev–Trinajstić information content (AvgIpc) is 2.42. The van der Waals surface area contributed by atoms with Crippen molar-refractivity contribution >= 4 is 23.2 Å². The van der Waals surface area contributed by atoms with Crippen molar-refractivity contribution in [3.8, 4) is 5.75 Å². The fraction of sp³-hybridized carbons (Fsp3) is 0.533. The fourth-order valence-electron chi connectivity index (χ4n) is 1.79. The zero-order valence-electron chi connectivity index (χ0n) is 12.5. The molecule has 0 aliphatic heterocycles. The number of benzene rings is 1. The molecule has 0 fully saturated rings. The first-order valence-electron chi connectivity index (χ1n) is 6.88. The van der Waals surface area contributed by atoms with Crippen molar-refractivity contribution in [3.63, 3.8) is 0 Å². The maximum Gasteiger partial charge on any atom is 0.242 e. The summed E-state index contributed by atoms with van der Waals surface area (Å²) in [6, 6.07) is 3.30. The van der Waals surface area contributed by atoms with Crippen LogP contribution in [0.15, 0.2) is 12.1 Å². The van der Waals surface area contributed by atoms with Gasteiger partial charge in [-0.1, -0.05) is 24.9 Å². The SMILES string of the molecule is CCCCNC(=O)C(C)Nc1cc(C)c(Cl)cc1OC. The molecule has 5 heteroatoms. The van der Waals surface area contributed by atoms with E-state index in [0.717, 1.165) is 24.1 Å². The molecule has 0 saturated heterocycles. The highest BCUT2D eigenvalue weighted by molar-refractivity contribution is 6.31. The summed E-state index contributed by atoms with van der Waals surface area (Å²) in [6.07, 6.45) is 2.05. The summed E-state index contributed by atoms with van der Waals surface area (Å²) in [6.45, 7) is 6.54. The summed E-state index contributed by atoms with van der Waals surface area (Å²) in [5.41, 5.74) is 1.71. The van der Waals surface area contributed by atoms with E-state index in [2.05, 4.69) is 17.6 Å². The van der Waals surface area contributed by atoms with Gasteiger partial charge in [0.2, 0.25) is 5.91 Å². The summed E-state index contributed by atoms with van der Waals surface area (Å²) >= 11 is 6.06. The summed E-state index contributed by atoms with van der Waals surface area (Å²) in [5.74, 6) is 0.613. The number of ether oxygens (including phenoxy) is 1. The molecule has 1 rings (SSSR count). The molecule has 0 bridgehead atoms. The van der Waals surface area contributed by atoms with E-state index in [9.17, 15) is 4.79 Å². The topological polar surface area (TPSA) is 50.4 Å². The average molecular weight is 299 g/mol. The second kappa shape index (κ2) is 8.00. The van der Waals surface area contributed by atoms with E-state index in [1.54, 1.807) is 13.2 Å². The lowest BCUT2D eigenvalue weighted by Crippen LogP contribution is -2.38. The van der Waals surface area contributed by atoms with Gasteiger partial charge in [0.05, 0.1) is 12.8 Å². The minimum atomic E-state index is -0.332. The minimum absolute atomic E-state index is 0.0203. The zero-order valence-corrected chi connectivity index (χ0v) is 13.3. The summed E-state index contributed by atoms with van der Waals surface area (Å²) in [4.78, 5) is 11.9. The first kappa shape index (κ1) is 16.6. The van der Waals surface area contributed by atoms with Gasteiger partial charge < -0.3 is 15.4 Å². The summed E-state index contributed by atoms with van der Waals surface area (Å²) in [7, 11) is 1.58. The third kappa shape index (κ3) is 4.60. The molecule has 1 aromatic rings. The van der Waals surface area contributed by atoms with Crippen LogP contribution in [0.5, 0.6) is 5.75 Å². The standard InChI is InChI=1S/C15H23ClN2O2/c1-5-6-7-17-15(19)11(3)18-13-8-10(2)12(16)9-14(13)20-4/h8-9,11,18H,5-7H2,1-4H3,(H,17,19). The molecule has 0 aromatic heterocycles. The molecule has 1 unspecified atom stereocenters. The molecule has 1 amide bonds. The summed E-state index contributed by atoms with van der Waals surface area (Å²) in [5, 5.41) is 6.70. The lowest BCUT2D eigenvalue weighted by Gasteiger charge is -2.18. The number of methoxy groups -OCH3 is 1. The van der Waals surface area contributed by atoms with Crippen molar-refractivity contribution < 1.29 is 9.53 Å². The van der Waals surface area contributed by atoms with E-state index >= 15 is 0 Å². The lowest BCUT2D eigenvalue weighted by atomic mass is 10.2. The molecule has 0 aliphatic carbocycles. The number of nitrogens with one attached hydrogen (secondary N) is 2. The van der Waals surface area contributed by atoms with Crippen molar-refractivity contribution in [2.75, 3.05) is 19.0 Å². The number of carbonyl (C=O) groups is 1. The van der Waals surface area contributed by atoms with Gasteiger partial charge in [-0.05, 0) is 31.9 Å². The number of amides is 1. The number of aryl methyl sites for hydroxylation is 1. The van der Waals surface area contributed by atoms with E-state index in [1.165, 1.54) is 0 Å². The third-order valence-corrected chi connectivity index (χ3v) is 3.48. The van der Waals surface area contributed by atoms with Crippen LogP contribution in [-0.4, -0.2) is 25.6 Å². The van der Waals surface area contributed by atoms with E-state index in [0.29, 0.717) is 17.3 Å². The van der Waals surface area contributed by atoms with Crippen LogP contribution in [0, 0.1) is 6.92 Å². The highest BCUT2D eigenvalue weighted by Gasteiger charge is 2.15. The molecule has 2 N–H and O–H groups in total. The predicted octanol–water partition coefficient (Wildman–Crippen LogP) is 3.37. The number of hydrogen-bond donors (Lipinski definition) is 2. The summed E-state index contributed by atoms with van der Waals surface area (Å²) < 4.78 is 5.28. The Bertz CT molecular complexity index is 463. The van der Waals surface area contributed by atoms with Crippen LogP contribution in [0.2, 0.25) is 5.02 Å². The van der Waals surface area contributed by atoms with Gasteiger partial charge in [-0.3, -0.25) is 4.79 Å². The molecule has 1 aromatic carbocycles. The van der Waals surface area contributed by atoms with Gasteiger partial charge in [0.1, 0.15) is 11.8 Å². The monoisotopic (exact) mass is 298 g/mol. The van der Waals surface area contributed by atoms with Crippen LogP contribution < -0.4 is 15.4 Å². The van der Waals surface area contributed by atoms with Crippen LogP contribution in [-0.2, 0) is 4.79 Å². The van der Waals surface area contributed by atoms with E-state index in [4.69, 9.17) is 16.3 Å². The molecule has 0 spiro atoms. The van der Waals surface area contributed by atoms with Crippen LogP contribution in [0.3, 0.4) is 0 Å². The van der Waals surface area contributed by atoms with Crippen LogP contribution >= 0.6 is 11.6 Å². The Kier molecular flexibility index (Phi) is 6.65. The Morgan fingerprint density at radius 3 is 2.75 bits per heavy atom. The van der Waals surface area contributed by atoms with E-state index < -0.39 is 0 Å². The molecule has 0 aliphatic rings. The Morgan fingerprint density at radius 2 is 2.15 bits per heavy atom. The zero-order chi connectivity index (χ0) is 15.1. The molecule has 20 heavy (non-hydrogen) atoms. The second-order valence-corrected chi connectivity index (χ2v) is 5.22. The number of carbonyl (C=O) groups excluding carboxylic acids is 1. The number of hydrogen-bond acceptors (Lipinski definition) is 3. The van der Waals surface area contributed by atoms with Crippen molar-refractivity contribution in [2.24, 2.45) is 0 Å². The smallest absolute Gasteiger partial charge is 0.242 e. The highest BCUT2D eigenvalue weighted by Crippen LogP contribution is 2.31. The molecule has 112 valence electrons. The number of halogens is 1. The van der Waals surface area contributed by atoms with Gasteiger partial charge in [0, 0.05) is 17.6 Å².